The van der Waals surface area contributed by atoms with E-state index >= 15 is 0 Å². The molecule has 1 amide bonds. The van der Waals surface area contributed by atoms with Crippen LogP contribution in [0, 0.1) is 0 Å². The van der Waals surface area contributed by atoms with E-state index < -0.39 is 21.3 Å². The zero-order chi connectivity index (χ0) is 18.0. The van der Waals surface area contributed by atoms with E-state index in [0.717, 1.165) is 31.9 Å². The van der Waals surface area contributed by atoms with Crippen molar-refractivity contribution >= 4 is 44.6 Å². The van der Waals surface area contributed by atoms with Gasteiger partial charge in [-0.25, -0.2) is 8.42 Å². The highest BCUT2D eigenvalue weighted by Crippen LogP contribution is 2.19. The number of alkyl halides is 1. The molecule has 9 heteroatoms. The molecule has 2 N–H and O–H groups in total. The molecule has 0 bridgehead atoms. The highest BCUT2D eigenvalue weighted by molar-refractivity contribution is 7.91. The summed E-state index contributed by atoms with van der Waals surface area (Å²) in [5.41, 5.74) is 1.09. The van der Waals surface area contributed by atoms with Crippen LogP contribution in [-0.2, 0) is 14.6 Å². The molecule has 1 aromatic rings. The minimum atomic E-state index is -3.14. The summed E-state index contributed by atoms with van der Waals surface area (Å²) in [5, 5.41) is 2.96. The fraction of sp³-hybridized carbons (Fsp3) is 0.562. The van der Waals surface area contributed by atoms with Crippen LogP contribution in [0.4, 0.5) is 5.69 Å². The molecule has 0 radical (unpaired) electrons. The number of sulfone groups is 1. The summed E-state index contributed by atoms with van der Waals surface area (Å²) >= 11 is 12.1. The molecule has 1 aromatic carbocycles. The number of nitrogens with zero attached hydrogens (tertiary/aromatic N) is 1. The zero-order valence-electron chi connectivity index (χ0n) is 13.7. The van der Waals surface area contributed by atoms with Gasteiger partial charge in [0.25, 0.3) is 5.91 Å². The van der Waals surface area contributed by atoms with Gasteiger partial charge in [-0.1, -0.05) is 17.7 Å². The second kappa shape index (κ2) is 7.70. The zero-order valence-corrected chi connectivity index (χ0v) is 16.1. The van der Waals surface area contributed by atoms with E-state index in [9.17, 15) is 13.2 Å². The average Bonchev–Trinajstić information content (AvgIpc) is 2.80. The van der Waals surface area contributed by atoms with Crippen LogP contribution in [0.2, 0.25) is 5.02 Å². The molecule has 2 fully saturated rings. The van der Waals surface area contributed by atoms with Crippen LogP contribution in [0.5, 0.6) is 0 Å². The van der Waals surface area contributed by atoms with Gasteiger partial charge in [0.15, 0.2) is 16.4 Å². The molecule has 2 aliphatic heterocycles. The van der Waals surface area contributed by atoms with E-state index in [1.165, 1.54) is 4.90 Å². The monoisotopic (exact) mass is 406 g/mol. The molecule has 2 aliphatic rings. The van der Waals surface area contributed by atoms with Crippen molar-refractivity contribution in [3.8, 4) is 0 Å². The first-order valence-electron chi connectivity index (χ1n) is 8.30. The third-order valence-corrected chi connectivity index (χ3v) is 7.29. The fourth-order valence-electron chi connectivity index (χ4n) is 3.35. The maximum Gasteiger partial charge on any atom is 0.275 e. The van der Waals surface area contributed by atoms with Crippen LogP contribution in [-0.4, -0.2) is 70.0 Å². The SMILES string of the molecule is O=C(C[NH+]1CCN(c2cccc(Cl)c2)CC1)N[C@H]1CS(=O)(=O)C[C@@H]1Cl. The lowest BCUT2D eigenvalue weighted by molar-refractivity contribution is -0.892. The Kier molecular flexibility index (Phi) is 5.78. The van der Waals surface area contributed by atoms with Crippen LogP contribution in [0.15, 0.2) is 24.3 Å². The Labute approximate surface area is 158 Å². The number of carbonyl (C=O) groups is 1. The second-order valence-corrected chi connectivity index (χ2v) is 9.81. The summed E-state index contributed by atoms with van der Waals surface area (Å²) in [6, 6.07) is 7.28. The number of anilines is 1. The van der Waals surface area contributed by atoms with Crippen LogP contribution in [0.3, 0.4) is 0 Å². The number of piperazine rings is 1. The van der Waals surface area contributed by atoms with Gasteiger partial charge < -0.3 is 15.1 Å². The van der Waals surface area contributed by atoms with Crippen LogP contribution in [0.1, 0.15) is 0 Å². The van der Waals surface area contributed by atoms with Crippen LogP contribution < -0.4 is 15.1 Å². The van der Waals surface area contributed by atoms with Gasteiger partial charge >= 0.3 is 0 Å². The predicted molar refractivity (Wildman–Crippen MR) is 99.5 cm³/mol. The Morgan fingerprint density at radius 1 is 1.28 bits per heavy atom. The fourth-order valence-corrected chi connectivity index (χ4v) is 6.09. The number of carbonyl (C=O) groups excluding carboxylic acids is 1. The molecule has 2 atom stereocenters. The highest BCUT2D eigenvalue weighted by atomic mass is 35.5. The maximum atomic E-state index is 12.2. The Morgan fingerprint density at radius 2 is 2.00 bits per heavy atom. The number of benzene rings is 1. The number of hydrogen-bond donors (Lipinski definition) is 2. The Bertz CT molecular complexity index is 736. The topological polar surface area (TPSA) is 70.9 Å². The number of rotatable bonds is 4. The molecule has 0 unspecified atom stereocenters. The van der Waals surface area contributed by atoms with Crippen LogP contribution in [0.25, 0.3) is 0 Å². The van der Waals surface area contributed by atoms with E-state index in [-0.39, 0.29) is 17.4 Å². The molecule has 0 aliphatic carbocycles. The lowest BCUT2D eigenvalue weighted by Gasteiger charge is -2.33. The lowest BCUT2D eigenvalue weighted by atomic mass is 10.2. The second-order valence-electron chi connectivity index (χ2n) is 6.66. The lowest BCUT2D eigenvalue weighted by Crippen LogP contribution is -3.16. The van der Waals surface area contributed by atoms with E-state index in [0.29, 0.717) is 11.6 Å². The van der Waals surface area contributed by atoms with Crippen molar-refractivity contribution in [1.82, 2.24) is 5.32 Å². The Hall–Kier alpha value is -1.02. The molecule has 0 saturated carbocycles. The van der Waals surface area contributed by atoms with E-state index in [2.05, 4.69) is 10.2 Å². The molecule has 6 nitrogen and oxygen atoms in total. The minimum Gasteiger partial charge on any atom is -0.360 e. The van der Waals surface area contributed by atoms with Crippen molar-refractivity contribution in [1.29, 1.82) is 0 Å². The Morgan fingerprint density at radius 3 is 2.60 bits per heavy atom. The maximum absolute atomic E-state index is 12.2. The van der Waals surface area contributed by atoms with Gasteiger partial charge in [-0.2, -0.15) is 0 Å². The molecule has 0 aromatic heterocycles. The van der Waals surface area contributed by atoms with Gasteiger partial charge in [0.1, 0.15) is 0 Å². The van der Waals surface area contributed by atoms with E-state index in [4.69, 9.17) is 23.2 Å². The summed E-state index contributed by atoms with van der Waals surface area (Å²) < 4.78 is 23.1. The molecule has 138 valence electrons. The molecular formula is C16H22Cl2N3O3S+. The predicted octanol–water partition coefficient (Wildman–Crippen LogP) is -0.434. The molecule has 0 spiro atoms. The van der Waals surface area contributed by atoms with Crippen LogP contribution >= 0.6 is 23.2 Å². The normalized spacial score (nSPS) is 26.6. The molecule has 2 saturated heterocycles. The van der Waals surface area contributed by atoms with Crippen molar-refractivity contribution in [3.63, 3.8) is 0 Å². The van der Waals surface area contributed by atoms with E-state index in [1.807, 2.05) is 24.3 Å². The van der Waals surface area contributed by atoms with Crippen molar-refractivity contribution in [2.45, 2.75) is 11.4 Å². The third-order valence-electron chi connectivity index (χ3n) is 4.68. The largest absolute Gasteiger partial charge is 0.360 e. The summed E-state index contributed by atoms with van der Waals surface area (Å²) in [7, 11) is -3.14. The standard InChI is InChI=1S/C16H21Cl2N3O3S/c17-12-2-1-3-13(8-12)21-6-4-20(5-7-21)9-16(22)19-15-11-25(23,24)10-14(15)18/h1-3,8,14-15H,4-7,9-11H2,(H,19,22)/p+1/t14-,15-/m0/s1. The Balaban J connectivity index is 1.47. The average molecular weight is 407 g/mol. The molecule has 3 rings (SSSR count). The smallest absolute Gasteiger partial charge is 0.275 e. The van der Waals surface area contributed by atoms with Crippen molar-refractivity contribution in [3.05, 3.63) is 29.3 Å². The summed E-state index contributed by atoms with van der Waals surface area (Å²) in [6.07, 6.45) is 0. The van der Waals surface area contributed by atoms with Crippen molar-refractivity contribution in [2.24, 2.45) is 0 Å². The summed E-state index contributed by atoms with van der Waals surface area (Å²) in [4.78, 5) is 15.6. The van der Waals surface area contributed by atoms with Gasteiger partial charge in [0, 0.05) is 10.7 Å². The van der Waals surface area contributed by atoms with Gasteiger partial charge in [-0.15, -0.1) is 11.6 Å². The number of quaternary nitrogens is 1. The number of amides is 1. The number of hydrogen-bond acceptors (Lipinski definition) is 4. The first-order chi connectivity index (χ1) is 11.8. The highest BCUT2D eigenvalue weighted by Gasteiger charge is 2.37. The first-order valence-corrected chi connectivity index (χ1v) is 10.9. The number of halogens is 2. The summed E-state index contributed by atoms with van der Waals surface area (Å²) in [6.45, 7) is 3.71. The van der Waals surface area contributed by atoms with Crippen molar-refractivity contribution in [2.75, 3.05) is 49.1 Å². The quantitative estimate of drug-likeness (QED) is 0.665. The summed E-state index contributed by atoms with van der Waals surface area (Å²) in [5.74, 6) is -0.269. The van der Waals surface area contributed by atoms with Crippen molar-refractivity contribution < 1.29 is 18.1 Å². The number of nitrogens with one attached hydrogen (secondary N) is 2. The van der Waals surface area contributed by atoms with E-state index in [1.54, 1.807) is 0 Å². The molecule has 2 heterocycles. The molecular weight excluding hydrogens is 385 g/mol. The minimum absolute atomic E-state index is 0.0647. The molecule has 25 heavy (non-hydrogen) atoms. The van der Waals surface area contributed by atoms with Gasteiger partial charge in [-0.3, -0.25) is 4.79 Å². The third kappa shape index (κ3) is 5.00. The van der Waals surface area contributed by atoms with Gasteiger partial charge in [0.05, 0.1) is 49.1 Å². The van der Waals surface area contributed by atoms with Gasteiger partial charge in [-0.05, 0) is 18.2 Å². The first kappa shape index (κ1) is 18.8. The van der Waals surface area contributed by atoms with Gasteiger partial charge in [0.2, 0.25) is 0 Å².